The second-order valence-corrected chi connectivity index (χ2v) is 7.06. The van der Waals surface area contributed by atoms with Crippen LogP contribution in [-0.2, 0) is 9.59 Å². The Bertz CT molecular complexity index is 344. The third-order valence-electron chi connectivity index (χ3n) is 4.14. The lowest BCUT2D eigenvalue weighted by molar-refractivity contribution is -0.128. The Morgan fingerprint density at radius 2 is 1.81 bits per heavy atom. The standard InChI is InChI=1S/C16H31N3O2/c1-16(2,3)15(21)18-10-9-14(20)19-13(11-17)12-7-5-4-6-8-12/h12-13H,4-11,17H2,1-3H3,(H,18,21)(H,19,20). The average Bonchev–Trinajstić information content (AvgIpc) is 2.44. The van der Waals surface area contributed by atoms with E-state index in [2.05, 4.69) is 10.6 Å². The highest BCUT2D eigenvalue weighted by atomic mass is 16.2. The van der Waals surface area contributed by atoms with E-state index in [-0.39, 0.29) is 17.9 Å². The Kier molecular flexibility index (Phi) is 7.15. The van der Waals surface area contributed by atoms with Gasteiger partial charge in [-0.1, -0.05) is 40.0 Å². The van der Waals surface area contributed by atoms with Crippen LogP contribution in [0.25, 0.3) is 0 Å². The maximum absolute atomic E-state index is 12.0. The summed E-state index contributed by atoms with van der Waals surface area (Å²) in [6.45, 7) is 6.44. The van der Waals surface area contributed by atoms with Crippen molar-refractivity contribution in [2.75, 3.05) is 13.1 Å². The van der Waals surface area contributed by atoms with Crippen molar-refractivity contribution >= 4 is 11.8 Å². The minimum Gasteiger partial charge on any atom is -0.355 e. The van der Waals surface area contributed by atoms with E-state index in [0.29, 0.717) is 25.4 Å². The lowest BCUT2D eigenvalue weighted by Gasteiger charge is -2.30. The van der Waals surface area contributed by atoms with Crippen LogP contribution in [0.4, 0.5) is 0 Å². The maximum atomic E-state index is 12.0. The molecule has 0 aromatic rings. The number of nitrogens with one attached hydrogen (secondary N) is 2. The second kappa shape index (κ2) is 8.37. The molecule has 0 aromatic carbocycles. The van der Waals surface area contributed by atoms with Crippen molar-refractivity contribution in [2.45, 2.75) is 65.3 Å². The van der Waals surface area contributed by atoms with E-state index in [9.17, 15) is 9.59 Å². The van der Waals surface area contributed by atoms with Gasteiger partial charge in [-0.25, -0.2) is 0 Å². The van der Waals surface area contributed by atoms with E-state index in [1.807, 2.05) is 20.8 Å². The number of rotatable bonds is 6. The number of hydrogen-bond donors (Lipinski definition) is 3. The summed E-state index contributed by atoms with van der Waals surface area (Å²) >= 11 is 0. The van der Waals surface area contributed by atoms with Gasteiger partial charge in [-0.15, -0.1) is 0 Å². The predicted molar refractivity (Wildman–Crippen MR) is 84.6 cm³/mol. The van der Waals surface area contributed by atoms with Crippen molar-refractivity contribution in [3.8, 4) is 0 Å². The van der Waals surface area contributed by atoms with Gasteiger partial charge >= 0.3 is 0 Å². The van der Waals surface area contributed by atoms with E-state index in [1.165, 1.54) is 19.3 Å². The number of nitrogens with two attached hydrogens (primary N) is 1. The Morgan fingerprint density at radius 1 is 1.19 bits per heavy atom. The zero-order valence-corrected chi connectivity index (χ0v) is 13.7. The molecular formula is C16H31N3O2. The molecule has 0 heterocycles. The van der Waals surface area contributed by atoms with Crippen molar-refractivity contribution in [3.05, 3.63) is 0 Å². The fourth-order valence-electron chi connectivity index (χ4n) is 2.74. The first-order valence-electron chi connectivity index (χ1n) is 8.12. The van der Waals surface area contributed by atoms with Crippen LogP contribution in [0.1, 0.15) is 59.3 Å². The SMILES string of the molecule is CC(C)(C)C(=O)NCCC(=O)NC(CN)C1CCCCC1. The molecule has 0 radical (unpaired) electrons. The summed E-state index contributed by atoms with van der Waals surface area (Å²) in [7, 11) is 0. The van der Waals surface area contributed by atoms with Crippen molar-refractivity contribution in [3.63, 3.8) is 0 Å². The van der Waals surface area contributed by atoms with Gasteiger partial charge in [-0.3, -0.25) is 9.59 Å². The van der Waals surface area contributed by atoms with Gasteiger partial charge in [0, 0.05) is 31.0 Å². The van der Waals surface area contributed by atoms with Crippen LogP contribution in [-0.4, -0.2) is 30.9 Å². The lowest BCUT2D eigenvalue weighted by atomic mass is 9.84. The fraction of sp³-hybridized carbons (Fsp3) is 0.875. The van der Waals surface area contributed by atoms with Gasteiger partial charge in [-0.2, -0.15) is 0 Å². The third kappa shape index (κ3) is 6.46. The van der Waals surface area contributed by atoms with E-state index >= 15 is 0 Å². The van der Waals surface area contributed by atoms with E-state index in [1.54, 1.807) is 0 Å². The van der Waals surface area contributed by atoms with Gasteiger partial charge in [0.2, 0.25) is 11.8 Å². The summed E-state index contributed by atoms with van der Waals surface area (Å²) in [4.78, 5) is 23.7. The average molecular weight is 297 g/mol. The van der Waals surface area contributed by atoms with Gasteiger partial charge in [0.15, 0.2) is 0 Å². The molecule has 0 spiro atoms. The molecule has 2 amide bonds. The van der Waals surface area contributed by atoms with Crippen LogP contribution >= 0.6 is 0 Å². The Balaban J connectivity index is 2.29. The molecule has 1 saturated carbocycles. The fourth-order valence-corrected chi connectivity index (χ4v) is 2.74. The summed E-state index contributed by atoms with van der Waals surface area (Å²) in [5.74, 6) is 0.458. The Morgan fingerprint density at radius 3 is 2.33 bits per heavy atom. The van der Waals surface area contributed by atoms with Gasteiger partial charge in [-0.05, 0) is 18.8 Å². The van der Waals surface area contributed by atoms with Gasteiger partial charge < -0.3 is 16.4 Å². The molecule has 1 rings (SSSR count). The quantitative estimate of drug-likeness (QED) is 0.695. The van der Waals surface area contributed by atoms with E-state index in [0.717, 1.165) is 12.8 Å². The van der Waals surface area contributed by atoms with Crippen molar-refractivity contribution in [1.82, 2.24) is 10.6 Å². The molecule has 21 heavy (non-hydrogen) atoms. The van der Waals surface area contributed by atoms with Crippen LogP contribution in [0.2, 0.25) is 0 Å². The number of amides is 2. The third-order valence-corrected chi connectivity index (χ3v) is 4.14. The normalized spacial score (nSPS) is 18.1. The molecule has 5 nitrogen and oxygen atoms in total. The van der Waals surface area contributed by atoms with E-state index < -0.39 is 5.41 Å². The number of hydrogen-bond acceptors (Lipinski definition) is 3. The molecule has 122 valence electrons. The zero-order valence-electron chi connectivity index (χ0n) is 13.7. The summed E-state index contributed by atoms with van der Waals surface area (Å²) in [6.07, 6.45) is 6.38. The molecule has 4 N–H and O–H groups in total. The van der Waals surface area contributed by atoms with Crippen molar-refractivity contribution in [1.29, 1.82) is 0 Å². The van der Waals surface area contributed by atoms with Crippen LogP contribution in [0.15, 0.2) is 0 Å². The first kappa shape index (κ1) is 18.0. The van der Waals surface area contributed by atoms with Gasteiger partial charge in [0.1, 0.15) is 0 Å². The first-order chi connectivity index (χ1) is 9.84. The highest BCUT2D eigenvalue weighted by molar-refractivity contribution is 5.82. The first-order valence-corrected chi connectivity index (χ1v) is 8.12. The van der Waals surface area contributed by atoms with Crippen LogP contribution < -0.4 is 16.4 Å². The minimum atomic E-state index is -0.418. The smallest absolute Gasteiger partial charge is 0.225 e. The largest absolute Gasteiger partial charge is 0.355 e. The molecule has 1 aliphatic carbocycles. The maximum Gasteiger partial charge on any atom is 0.225 e. The van der Waals surface area contributed by atoms with Crippen molar-refractivity contribution in [2.24, 2.45) is 17.1 Å². The Hall–Kier alpha value is -1.10. The number of carbonyl (C=O) groups is 2. The molecule has 0 aliphatic heterocycles. The van der Waals surface area contributed by atoms with Crippen LogP contribution in [0, 0.1) is 11.3 Å². The highest BCUT2D eigenvalue weighted by Gasteiger charge is 2.24. The topological polar surface area (TPSA) is 84.2 Å². The molecule has 1 fully saturated rings. The molecule has 0 saturated heterocycles. The predicted octanol–water partition coefficient (Wildman–Crippen LogP) is 1.56. The summed E-state index contributed by atoms with van der Waals surface area (Å²) in [5.41, 5.74) is 5.38. The van der Waals surface area contributed by atoms with Gasteiger partial charge in [0.05, 0.1) is 0 Å². The molecular weight excluding hydrogens is 266 g/mol. The lowest BCUT2D eigenvalue weighted by Crippen LogP contribution is -2.46. The van der Waals surface area contributed by atoms with Crippen molar-refractivity contribution < 1.29 is 9.59 Å². The molecule has 1 aliphatic rings. The monoisotopic (exact) mass is 297 g/mol. The highest BCUT2D eigenvalue weighted by Crippen LogP contribution is 2.26. The van der Waals surface area contributed by atoms with Crippen LogP contribution in [0.5, 0.6) is 0 Å². The minimum absolute atomic E-state index is 0.0229. The zero-order chi connectivity index (χ0) is 15.9. The number of carbonyl (C=O) groups excluding carboxylic acids is 2. The molecule has 1 atom stereocenters. The second-order valence-electron chi connectivity index (χ2n) is 7.06. The summed E-state index contributed by atoms with van der Waals surface area (Å²) < 4.78 is 0. The molecule has 5 heteroatoms. The van der Waals surface area contributed by atoms with Gasteiger partial charge in [0.25, 0.3) is 0 Å². The molecule has 0 aromatic heterocycles. The summed E-state index contributed by atoms with van der Waals surface area (Å²) in [5, 5.41) is 5.83. The van der Waals surface area contributed by atoms with E-state index in [4.69, 9.17) is 5.73 Å². The molecule has 0 bridgehead atoms. The Labute approximate surface area is 128 Å². The molecule has 1 unspecified atom stereocenters. The summed E-state index contributed by atoms with van der Waals surface area (Å²) in [6, 6.07) is 0.0797. The van der Waals surface area contributed by atoms with Crippen LogP contribution in [0.3, 0.4) is 0 Å².